The van der Waals surface area contributed by atoms with Gasteiger partial charge in [-0.1, -0.05) is 29.8 Å². The van der Waals surface area contributed by atoms with E-state index in [4.69, 9.17) is 21.1 Å². The molecular formula is C20H19ClN4O2. The van der Waals surface area contributed by atoms with Gasteiger partial charge in [-0.15, -0.1) is 0 Å². The van der Waals surface area contributed by atoms with E-state index >= 15 is 0 Å². The minimum atomic E-state index is -0.126. The van der Waals surface area contributed by atoms with Gasteiger partial charge in [0.2, 0.25) is 5.95 Å². The normalized spacial score (nSPS) is 15.5. The first kappa shape index (κ1) is 17.4. The van der Waals surface area contributed by atoms with Crippen molar-refractivity contribution in [2.45, 2.75) is 13.0 Å². The van der Waals surface area contributed by atoms with Gasteiger partial charge in [0.1, 0.15) is 12.4 Å². The Hall–Kier alpha value is -2.99. The lowest BCUT2D eigenvalue weighted by atomic mass is 10.0. The summed E-state index contributed by atoms with van der Waals surface area (Å²) in [5.41, 5.74) is 3.00. The first-order valence-electron chi connectivity index (χ1n) is 8.64. The molecule has 27 heavy (non-hydrogen) atoms. The van der Waals surface area contributed by atoms with Crippen LogP contribution in [0.5, 0.6) is 11.5 Å². The molecule has 0 fully saturated rings. The van der Waals surface area contributed by atoms with Gasteiger partial charge in [-0.05, 0) is 48.4 Å². The molecule has 6 nitrogen and oxygen atoms in total. The summed E-state index contributed by atoms with van der Waals surface area (Å²) in [6, 6.07) is 13.5. The third-order valence-electron chi connectivity index (χ3n) is 4.39. The van der Waals surface area contributed by atoms with Crippen molar-refractivity contribution in [2.24, 2.45) is 0 Å². The number of nitrogens with one attached hydrogen (secondary N) is 1. The number of nitrogens with zero attached hydrogens (tertiary/aromatic N) is 3. The molecule has 138 valence electrons. The topological polar surface area (TPSA) is 61.2 Å². The molecule has 4 rings (SSSR count). The van der Waals surface area contributed by atoms with Gasteiger partial charge in [0.05, 0.1) is 13.7 Å². The number of hydrogen-bond donors (Lipinski definition) is 1. The molecule has 1 aliphatic heterocycles. The number of hydrogen-bond acceptors (Lipinski definition) is 5. The molecule has 0 radical (unpaired) electrons. The minimum Gasteiger partial charge on any atom is -0.493 e. The lowest BCUT2D eigenvalue weighted by Crippen LogP contribution is -2.20. The smallest absolute Gasteiger partial charge is 0.226 e. The first-order chi connectivity index (χ1) is 13.2. The molecule has 0 aliphatic carbocycles. The molecule has 0 spiro atoms. The Labute approximate surface area is 162 Å². The molecule has 3 aromatic rings. The van der Waals surface area contributed by atoms with Crippen LogP contribution in [0.25, 0.3) is 5.70 Å². The Morgan fingerprint density at radius 1 is 1.15 bits per heavy atom. The third kappa shape index (κ3) is 3.36. The zero-order valence-corrected chi connectivity index (χ0v) is 15.8. The zero-order chi connectivity index (χ0) is 18.8. The van der Waals surface area contributed by atoms with Crippen molar-refractivity contribution in [3.05, 3.63) is 71.0 Å². The second-order valence-corrected chi connectivity index (χ2v) is 6.47. The molecular weight excluding hydrogens is 364 g/mol. The summed E-state index contributed by atoms with van der Waals surface area (Å²) in [4.78, 5) is 4.33. The lowest BCUT2D eigenvalue weighted by Gasteiger charge is -2.25. The van der Waals surface area contributed by atoms with Crippen LogP contribution in [-0.2, 0) is 0 Å². The van der Waals surface area contributed by atoms with Gasteiger partial charge < -0.3 is 14.8 Å². The average Bonchev–Trinajstić information content (AvgIpc) is 3.17. The Morgan fingerprint density at radius 2 is 1.96 bits per heavy atom. The first-order valence-corrected chi connectivity index (χ1v) is 9.02. The van der Waals surface area contributed by atoms with Crippen molar-refractivity contribution in [2.75, 3.05) is 19.0 Å². The van der Waals surface area contributed by atoms with E-state index in [1.54, 1.807) is 13.4 Å². The van der Waals surface area contributed by atoms with E-state index in [1.807, 2.05) is 54.1 Å². The number of methoxy groups -OCH3 is 1. The fourth-order valence-electron chi connectivity index (χ4n) is 3.11. The number of ether oxygens (including phenoxy) is 2. The highest BCUT2D eigenvalue weighted by Crippen LogP contribution is 2.36. The number of rotatable bonds is 5. The summed E-state index contributed by atoms with van der Waals surface area (Å²) in [5.74, 6) is 2.09. The molecule has 1 aliphatic rings. The molecule has 1 unspecified atom stereocenters. The zero-order valence-electron chi connectivity index (χ0n) is 15.0. The van der Waals surface area contributed by atoms with Crippen molar-refractivity contribution in [1.82, 2.24) is 14.8 Å². The summed E-state index contributed by atoms with van der Waals surface area (Å²) in [6.45, 7) is 2.53. The lowest BCUT2D eigenvalue weighted by molar-refractivity contribution is 0.310. The Bertz CT molecular complexity index is 982. The molecule has 1 N–H and O–H groups in total. The van der Waals surface area contributed by atoms with Gasteiger partial charge in [0.15, 0.2) is 11.5 Å². The Balaban J connectivity index is 1.77. The molecule has 1 atom stereocenters. The van der Waals surface area contributed by atoms with Crippen LogP contribution in [0.15, 0.2) is 54.9 Å². The van der Waals surface area contributed by atoms with Crippen molar-refractivity contribution < 1.29 is 9.47 Å². The van der Waals surface area contributed by atoms with Crippen molar-refractivity contribution in [3.63, 3.8) is 0 Å². The number of benzene rings is 2. The molecule has 2 aromatic carbocycles. The van der Waals surface area contributed by atoms with E-state index in [9.17, 15) is 0 Å². The van der Waals surface area contributed by atoms with Crippen molar-refractivity contribution >= 4 is 23.2 Å². The summed E-state index contributed by atoms with van der Waals surface area (Å²) in [5, 5.41) is 8.40. The largest absolute Gasteiger partial charge is 0.493 e. The Morgan fingerprint density at radius 3 is 2.70 bits per heavy atom. The van der Waals surface area contributed by atoms with Gasteiger partial charge in [0, 0.05) is 10.7 Å². The molecule has 7 heteroatoms. The maximum atomic E-state index is 6.02. The van der Waals surface area contributed by atoms with Gasteiger partial charge in [0.25, 0.3) is 0 Å². The van der Waals surface area contributed by atoms with Crippen molar-refractivity contribution in [3.8, 4) is 11.5 Å². The molecule has 0 saturated carbocycles. The average molecular weight is 383 g/mol. The highest BCUT2D eigenvalue weighted by atomic mass is 35.5. The van der Waals surface area contributed by atoms with E-state index in [0.717, 1.165) is 22.6 Å². The predicted molar refractivity (Wildman–Crippen MR) is 105 cm³/mol. The minimum absolute atomic E-state index is 0.126. The van der Waals surface area contributed by atoms with Crippen LogP contribution in [0.2, 0.25) is 5.02 Å². The van der Waals surface area contributed by atoms with Gasteiger partial charge in [-0.2, -0.15) is 10.1 Å². The summed E-state index contributed by atoms with van der Waals surface area (Å²) in [6.07, 6.45) is 3.65. The third-order valence-corrected chi connectivity index (χ3v) is 4.64. The molecule has 2 heterocycles. The monoisotopic (exact) mass is 382 g/mol. The SMILES string of the molecule is CCOc1ccc(C2C=C(c3ccc(Cl)cc3)Nc3ncnn32)cc1OC. The molecule has 0 saturated heterocycles. The quantitative estimate of drug-likeness (QED) is 0.708. The molecule has 0 amide bonds. The van der Waals surface area contributed by atoms with E-state index in [-0.39, 0.29) is 6.04 Å². The summed E-state index contributed by atoms with van der Waals surface area (Å²) < 4.78 is 13.0. The number of fused-ring (bicyclic) bond motifs is 1. The standard InChI is InChI=1S/C20H19ClN4O2/c1-3-27-18-9-6-14(10-19(18)26-2)17-11-16(13-4-7-15(21)8-5-13)24-20-22-12-23-25(17)20/h4-12,17H,3H2,1-2H3,(H,22,23,24). The van der Waals surface area contributed by atoms with Crippen LogP contribution in [0.3, 0.4) is 0 Å². The molecule has 0 bridgehead atoms. The number of aromatic nitrogens is 3. The van der Waals surface area contributed by atoms with E-state index in [1.165, 1.54) is 0 Å². The fourth-order valence-corrected chi connectivity index (χ4v) is 3.24. The van der Waals surface area contributed by atoms with Crippen LogP contribution in [0.1, 0.15) is 24.1 Å². The Kier molecular flexibility index (Phi) is 4.73. The second kappa shape index (κ2) is 7.32. The highest BCUT2D eigenvalue weighted by molar-refractivity contribution is 6.30. The van der Waals surface area contributed by atoms with E-state index in [2.05, 4.69) is 21.5 Å². The number of allylic oxidation sites excluding steroid dienone is 1. The second-order valence-electron chi connectivity index (χ2n) is 6.03. The van der Waals surface area contributed by atoms with Crippen molar-refractivity contribution in [1.29, 1.82) is 0 Å². The van der Waals surface area contributed by atoms with Crippen LogP contribution in [0, 0.1) is 0 Å². The highest BCUT2D eigenvalue weighted by Gasteiger charge is 2.24. The number of halogens is 1. The predicted octanol–water partition coefficient (Wildman–Crippen LogP) is 4.39. The van der Waals surface area contributed by atoms with Gasteiger partial charge in [-0.25, -0.2) is 4.68 Å². The van der Waals surface area contributed by atoms with Gasteiger partial charge >= 0.3 is 0 Å². The fraction of sp³-hybridized carbons (Fsp3) is 0.200. The maximum Gasteiger partial charge on any atom is 0.226 e. The van der Waals surface area contributed by atoms with Crippen LogP contribution in [-0.4, -0.2) is 28.5 Å². The van der Waals surface area contributed by atoms with E-state index in [0.29, 0.717) is 23.3 Å². The summed E-state index contributed by atoms with van der Waals surface area (Å²) in [7, 11) is 1.64. The molecule has 1 aromatic heterocycles. The number of anilines is 1. The summed E-state index contributed by atoms with van der Waals surface area (Å²) >= 11 is 6.02. The van der Waals surface area contributed by atoms with Crippen LogP contribution >= 0.6 is 11.6 Å². The van der Waals surface area contributed by atoms with Gasteiger partial charge in [-0.3, -0.25) is 0 Å². The maximum absolute atomic E-state index is 6.02. The van der Waals surface area contributed by atoms with Crippen LogP contribution in [0.4, 0.5) is 5.95 Å². The van der Waals surface area contributed by atoms with E-state index < -0.39 is 0 Å². The van der Waals surface area contributed by atoms with Crippen LogP contribution < -0.4 is 14.8 Å².